The van der Waals surface area contributed by atoms with Crippen molar-refractivity contribution in [1.29, 1.82) is 0 Å². The molecule has 0 saturated heterocycles. The number of halogens is 12. The zero-order chi connectivity index (χ0) is 54.1. The van der Waals surface area contributed by atoms with Crippen molar-refractivity contribution in [3.63, 3.8) is 0 Å². The first-order chi connectivity index (χ1) is 36.7. The molecule has 3 aromatic carbocycles. The molecule has 0 radical (unpaired) electrons. The van der Waals surface area contributed by atoms with E-state index in [-0.39, 0.29) is 34.2 Å². The van der Waals surface area contributed by atoms with Gasteiger partial charge in [0.25, 0.3) is 0 Å². The third-order valence-electron chi connectivity index (χ3n) is 11.7. The molecule has 9 rings (SSSR count). The Morgan fingerprint density at radius 2 is 0.658 bits per heavy atom. The van der Waals surface area contributed by atoms with Gasteiger partial charge in [-0.3, -0.25) is 0 Å². The van der Waals surface area contributed by atoms with E-state index in [1.165, 1.54) is 120 Å². The zero-order valence-electron chi connectivity index (χ0n) is 38.9. The number of benzene rings is 3. The van der Waals surface area contributed by atoms with Crippen LogP contribution in [0.5, 0.6) is 17.2 Å². The Morgan fingerprint density at radius 1 is 0.408 bits per heavy atom. The predicted molar refractivity (Wildman–Crippen MR) is 262 cm³/mol. The average Bonchev–Trinajstić information content (AvgIpc) is 4.36. The maximum atomic E-state index is 16.7. The normalized spacial score (nSPS) is 15.3. The SMILES string of the molecule is C=CCOc1c(F)c(F)c(C(=C2C=CC=N2)c2ccc[n]2[Ga]([n]2cccc2C(=C2C=CC=N2)c2c(F)c(F)c(OCC=C)c(F)c2F)[n]2cccc2C(=C2C=CC=N2)c2c(F)c(F)c(OCC=C)c(F)c2F)c(F)c1F. The molecule has 3 aliphatic heterocycles. The predicted octanol–water partition coefficient (Wildman–Crippen LogP) is 12.6. The zero-order valence-corrected chi connectivity index (χ0v) is 41.3. The van der Waals surface area contributed by atoms with Gasteiger partial charge >= 0.3 is 431 Å². The molecule has 3 aliphatic rings. The van der Waals surface area contributed by atoms with Gasteiger partial charge in [-0.2, -0.15) is 0 Å². The molecule has 9 nitrogen and oxygen atoms in total. The Morgan fingerprint density at radius 3 is 0.868 bits per heavy atom. The van der Waals surface area contributed by atoms with Gasteiger partial charge in [-0.05, 0) is 0 Å². The number of aliphatic imine (C=N–C) groups is 3. The van der Waals surface area contributed by atoms with Gasteiger partial charge in [0, 0.05) is 0 Å². The minimum absolute atomic E-state index is 0.276. The topological polar surface area (TPSA) is 79.6 Å². The first-order valence-electron chi connectivity index (χ1n) is 22.3. The van der Waals surface area contributed by atoms with Gasteiger partial charge < -0.3 is 0 Å². The van der Waals surface area contributed by atoms with Gasteiger partial charge in [0.15, 0.2) is 0 Å². The van der Waals surface area contributed by atoms with E-state index < -0.39 is 157 Å². The van der Waals surface area contributed by atoms with Crippen LogP contribution in [-0.2, 0) is 0 Å². The number of allylic oxidation sites excluding steroid dienone is 6. The van der Waals surface area contributed by atoms with E-state index in [9.17, 15) is 0 Å². The molecule has 0 unspecified atom stereocenters. The van der Waals surface area contributed by atoms with Crippen LogP contribution in [-0.4, -0.2) is 65.2 Å². The van der Waals surface area contributed by atoms with Crippen LogP contribution in [0.15, 0.2) is 161 Å². The van der Waals surface area contributed by atoms with E-state index in [1.54, 1.807) is 0 Å². The molecule has 0 amide bonds. The number of nitrogens with zero attached hydrogens (tertiary/aromatic N) is 6. The van der Waals surface area contributed by atoms with Crippen molar-refractivity contribution in [1.82, 2.24) is 9.82 Å². The van der Waals surface area contributed by atoms with Crippen LogP contribution in [0.4, 0.5) is 52.7 Å². The number of rotatable bonds is 18. The monoisotopic (exact) mass is 1110 g/mol. The molecule has 0 N–H and O–H groups in total. The summed E-state index contributed by atoms with van der Waals surface area (Å²) in [5, 5.41) is 0. The van der Waals surface area contributed by atoms with Crippen LogP contribution in [0.25, 0.3) is 16.7 Å². The van der Waals surface area contributed by atoms with Crippen molar-refractivity contribution >= 4 is 52.3 Å². The van der Waals surface area contributed by atoms with Crippen molar-refractivity contribution in [2.24, 2.45) is 15.0 Å². The first-order valence-corrected chi connectivity index (χ1v) is 25.6. The van der Waals surface area contributed by atoms with E-state index in [4.69, 9.17) is 14.2 Å². The summed E-state index contributed by atoms with van der Waals surface area (Å²) in [6.45, 7) is 8.44. The Hall–Kier alpha value is -8.63. The maximum absolute atomic E-state index is 16.7. The third kappa shape index (κ3) is 8.91. The second-order valence-corrected chi connectivity index (χ2v) is 21.1. The van der Waals surface area contributed by atoms with Gasteiger partial charge in [-0.15, -0.1) is 0 Å². The Bertz CT molecular complexity index is 3210. The van der Waals surface area contributed by atoms with Crippen LogP contribution in [0.1, 0.15) is 33.8 Å². The summed E-state index contributed by atoms with van der Waals surface area (Å²) >= 11 is -4.99. The van der Waals surface area contributed by atoms with E-state index in [1.807, 2.05) is 0 Å². The van der Waals surface area contributed by atoms with E-state index in [0.717, 1.165) is 18.2 Å². The number of ether oxygens (including phenoxy) is 3. The molecule has 384 valence electrons. The number of hydrogen-bond donors (Lipinski definition) is 0. The van der Waals surface area contributed by atoms with Crippen LogP contribution >= 0.6 is 0 Å². The van der Waals surface area contributed by atoms with Gasteiger partial charge in [-0.25, -0.2) is 0 Å². The van der Waals surface area contributed by atoms with Gasteiger partial charge in [0.1, 0.15) is 0 Å². The second-order valence-electron chi connectivity index (χ2n) is 16.1. The molecule has 22 heteroatoms. The summed E-state index contributed by atoms with van der Waals surface area (Å²) in [5.74, 6) is -27.6. The fourth-order valence-corrected chi connectivity index (χ4v) is 14.8. The molecular weight excluding hydrogens is 1080 g/mol. The van der Waals surface area contributed by atoms with E-state index in [0.29, 0.717) is 0 Å². The van der Waals surface area contributed by atoms with E-state index >= 15 is 52.7 Å². The molecule has 0 atom stereocenters. The summed E-state index contributed by atoms with van der Waals surface area (Å²) in [6.07, 6.45) is 18.5. The summed E-state index contributed by atoms with van der Waals surface area (Å²) in [7, 11) is 0. The molecule has 76 heavy (non-hydrogen) atoms. The van der Waals surface area contributed by atoms with Crippen molar-refractivity contribution in [3.8, 4) is 17.2 Å². The minimum atomic E-state index is -4.99. The molecule has 0 saturated carbocycles. The van der Waals surface area contributed by atoms with Crippen molar-refractivity contribution < 1.29 is 66.9 Å². The fourth-order valence-electron chi connectivity index (χ4n) is 8.63. The van der Waals surface area contributed by atoms with Crippen LogP contribution in [0, 0.1) is 69.8 Å². The molecule has 3 aromatic heterocycles. The van der Waals surface area contributed by atoms with Gasteiger partial charge in [0.2, 0.25) is 0 Å². The second kappa shape index (κ2) is 21.7. The third-order valence-corrected chi connectivity index (χ3v) is 17.7. The van der Waals surface area contributed by atoms with Crippen LogP contribution in [0.3, 0.4) is 0 Å². The molecule has 0 fully saturated rings. The molecule has 0 bridgehead atoms. The molecule has 6 heterocycles. The Kier molecular flexibility index (Phi) is 14.9. The standard InChI is InChI=1S/3C18H11F4N2O.Ga/c3*1-2-9-25-18-16(21)14(19)13(15(20)17(18)22)12(10-5-3-7-23-10)11-6-4-8-24-11;/h3*2-8H,1,9H2;/q3*-1;+3. The summed E-state index contributed by atoms with van der Waals surface area (Å²) in [5.41, 5.74) is -7.38. The van der Waals surface area contributed by atoms with Gasteiger partial charge in [0.05, 0.1) is 0 Å². The Labute approximate surface area is 429 Å². The Balaban J connectivity index is 1.39. The molecular formula is C54H33F12GaN6O3. The number of aromatic nitrogens is 3. The van der Waals surface area contributed by atoms with E-state index in [2.05, 4.69) is 34.7 Å². The summed E-state index contributed by atoms with van der Waals surface area (Å²) in [4.78, 5) is 12.7. The fraction of sp³-hybridized carbons (Fsp3) is 0.0556. The van der Waals surface area contributed by atoms with Crippen molar-refractivity contribution in [2.45, 2.75) is 0 Å². The molecule has 0 spiro atoms. The van der Waals surface area contributed by atoms with Crippen molar-refractivity contribution in [2.75, 3.05) is 19.8 Å². The summed E-state index contributed by atoms with van der Waals surface area (Å²) < 4.78 is 215. The molecule has 6 aromatic rings. The first kappa shape index (κ1) is 52.2. The quantitative estimate of drug-likeness (QED) is 0.0372. The molecule has 0 aliphatic carbocycles. The van der Waals surface area contributed by atoms with Crippen LogP contribution < -0.4 is 14.2 Å². The van der Waals surface area contributed by atoms with Crippen LogP contribution in [0.2, 0.25) is 0 Å². The summed E-state index contributed by atoms with van der Waals surface area (Å²) in [6, 6.07) is 7.77. The van der Waals surface area contributed by atoms with Gasteiger partial charge in [-0.1, -0.05) is 0 Å². The van der Waals surface area contributed by atoms with Crippen molar-refractivity contribution in [3.05, 3.63) is 250 Å². The number of hydrogen-bond acceptors (Lipinski definition) is 6. The average molecular weight is 1110 g/mol.